The molecular weight excluding hydrogens is 363 g/mol. The Hall–Kier alpha value is -2.90. The summed E-state index contributed by atoms with van der Waals surface area (Å²) in [5, 5.41) is 2.79. The van der Waals surface area contributed by atoms with Gasteiger partial charge in [-0.3, -0.25) is 0 Å². The molecular formula is C20H25FN4O3. The molecule has 0 saturated heterocycles. The Morgan fingerprint density at radius 3 is 2.89 bits per heavy atom. The SMILES string of the molecule is COC(=O)[C@@H](CC(C)C)NC(=O)N1CCc2[nH]cnc2[C@@H]1c1cccc(F)c1. The van der Waals surface area contributed by atoms with Crippen LogP contribution in [0.1, 0.15) is 43.3 Å². The van der Waals surface area contributed by atoms with Crippen molar-refractivity contribution in [3.63, 3.8) is 0 Å². The molecule has 1 aromatic heterocycles. The van der Waals surface area contributed by atoms with Crippen LogP contribution in [0.2, 0.25) is 0 Å². The molecule has 0 unspecified atom stereocenters. The molecule has 0 fully saturated rings. The number of rotatable bonds is 5. The number of benzene rings is 1. The van der Waals surface area contributed by atoms with Gasteiger partial charge in [0.05, 0.1) is 19.1 Å². The van der Waals surface area contributed by atoms with Gasteiger partial charge >= 0.3 is 12.0 Å². The number of imidazole rings is 1. The maximum absolute atomic E-state index is 13.8. The molecule has 1 aromatic carbocycles. The Kier molecular flexibility index (Phi) is 5.96. The Morgan fingerprint density at radius 1 is 1.43 bits per heavy atom. The predicted molar refractivity (Wildman–Crippen MR) is 101 cm³/mol. The third-order valence-corrected chi connectivity index (χ3v) is 4.84. The predicted octanol–water partition coefficient (Wildman–Crippen LogP) is 2.79. The molecule has 8 heteroatoms. The van der Waals surface area contributed by atoms with E-state index < -0.39 is 24.1 Å². The fraction of sp³-hybridized carbons (Fsp3) is 0.450. The lowest BCUT2D eigenvalue weighted by Crippen LogP contribution is -2.51. The van der Waals surface area contributed by atoms with E-state index >= 15 is 0 Å². The molecule has 2 heterocycles. The van der Waals surface area contributed by atoms with Gasteiger partial charge in [0.15, 0.2) is 0 Å². The summed E-state index contributed by atoms with van der Waals surface area (Å²) in [6.45, 7) is 4.35. The van der Waals surface area contributed by atoms with Gasteiger partial charge in [0.1, 0.15) is 17.9 Å². The number of aromatic nitrogens is 2. The van der Waals surface area contributed by atoms with Crippen molar-refractivity contribution in [3.8, 4) is 0 Å². The first kappa shape index (κ1) is 19.9. The third-order valence-electron chi connectivity index (χ3n) is 4.84. The topological polar surface area (TPSA) is 87.3 Å². The first-order chi connectivity index (χ1) is 13.4. The normalized spacial score (nSPS) is 17.2. The second-order valence-corrected chi connectivity index (χ2v) is 7.32. The molecule has 2 atom stereocenters. The molecule has 150 valence electrons. The lowest BCUT2D eigenvalue weighted by Gasteiger charge is -2.36. The molecule has 2 amide bonds. The lowest BCUT2D eigenvalue weighted by molar-refractivity contribution is -0.143. The summed E-state index contributed by atoms with van der Waals surface area (Å²) in [5.41, 5.74) is 2.23. The minimum absolute atomic E-state index is 0.197. The molecule has 0 bridgehead atoms. The largest absolute Gasteiger partial charge is 0.467 e. The average molecular weight is 388 g/mol. The van der Waals surface area contributed by atoms with Crippen molar-refractivity contribution in [3.05, 3.63) is 53.4 Å². The highest BCUT2D eigenvalue weighted by Crippen LogP contribution is 2.33. The summed E-state index contributed by atoms with van der Waals surface area (Å²) >= 11 is 0. The zero-order valence-corrected chi connectivity index (χ0v) is 16.2. The van der Waals surface area contributed by atoms with Crippen molar-refractivity contribution in [2.75, 3.05) is 13.7 Å². The van der Waals surface area contributed by atoms with E-state index in [9.17, 15) is 14.0 Å². The van der Waals surface area contributed by atoms with Crippen molar-refractivity contribution in [2.45, 2.75) is 38.8 Å². The number of fused-ring (bicyclic) bond motifs is 1. The number of aromatic amines is 1. The molecule has 3 rings (SSSR count). The maximum atomic E-state index is 13.8. The quantitative estimate of drug-likeness (QED) is 0.771. The van der Waals surface area contributed by atoms with E-state index in [-0.39, 0.29) is 11.7 Å². The highest BCUT2D eigenvalue weighted by Gasteiger charge is 2.36. The summed E-state index contributed by atoms with van der Waals surface area (Å²) in [5.74, 6) is -0.669. The maximum Gasteiger partial charge on any atom is 0.328 e. The Labute approximate surface area is 163 Å². The van der Waals surface area contributed by atoms with Gasteiger partial charge < -0.3 is 19.9 Å². The number of nitrogens with zero attached hydrogens (tertiary/aromatic N) is 2. The van der Waals surface area contributed by atoms with Gasteiger partial charge in [-0.15, -0.1) is 0 Å². The van der Waals surface area contributed by atoms with Gasteiger partial charge in [-0.25, -0.2) is 19.0 Å². The smallest absolute Gasteiger partial charge is 0.328 e. The highest BCUT2D eigenvalue weighted by atomic mass is 19.1. The monoisotopic (exact) mass is 388 g/mol. The van der Waals surface area contributed by atoms with E-state index in [4.69, 9.17) is 4.74 Å². The number of ether oxygens (including phenoxy) is 1. The molecule has 0 radical (unpaired) electrons. The van der Waals surface area contributed by atoms with Gasteiger partial charge in [0.25, 0.3) is 0 Å². The number of methoxy groups -OCH3 is 1. The van der Waals surface area contributed by atoms with Crippen molar-refractivity contribution >= 4 is 12.0 Å². The third kappa shape index (κ3) is 4.16. The van der Waals surface area contributed by atoms with Gasteiger partial charge in [0.2, 0.25) is 0 Å². The molecule has 2 aromatic rings. The number of esters is 1. The van der Waals surface area contributed by atoms with E-state index in [1.54, 1.807) is 23.4 Å². The van der Waals surface area contributed by atoms with Crippen molar-refractivity contribution < 1.29 is 18.7 Å². The van der Waals surface area contributed by atoms with E-state index in [1.165, 1.54) is 19.2 Å². The summed E-state index contributed by atoms with van der Waals surface area (Å²) in [7, 11) is 1.30. The van der Waals surface area contributed by atoms with Crippen LogP contribution in [0, 0.1) is 11.7 Å². The molecule has 1 aliphatic heterocycles. The molecule has 0 spiro atoms. The van der Waals surface area contributed by atoms with Gasteiger partial charge in [-0.2, -0.15) is 0 Å². The number of amides is 2. The van der Waals surface area contributed by atoms with Crippen LogP contribution in [0.15, 0.2) is 30.6 Å². The second-order valence-electron chi connectivity index (χ2n) is 7.32. The minimum Gasteiger partial charge on any atom is -0.467 e. The number of H-pyrrole nitrogens is 1. The van der Waals surface area contributed by atoms with Crippen molar-refractivity contribution in [1.29, 1.82) is 0 Å². The zero-order chi connectivity index (χ0) is 20.3. The summed E-state index contributed by atoms with van der Waals surface area (Å²) in [6.07, 6.45) is 2.64. The summed E-state index contributed by atoms with van der Waals surface area (Å²) < 4.78 is 18.7. The van der Waals surface area contributed by atoms with Crippen LogP contribution in [0.3, 0.4) is 0 Å². The Morgan fingerprint density at radius 2 is 2.21 bits per heavy atom. The van der Waals surface area contributed by atoms with Crippen LogP contribution in [0.4, 0.5) is 9.18 Å². The molecule has 28 heavy (non-hydrogen) atoms. The van der Waals surface area contributed by atoms with E-state index in [2.05, 4.69) is 15.3 Å². The van der Waals surface area contributed by atoms with Crippen molar-refractivity contribution in [2.24, 2.45) is 5.92 Å². The number of halogens is 1. The van der Waals surface area contributed by atoms with E-state index in [0.29, 0.717) is 30.6 Å². The summed E-state index contributed by atoms with van der Waals surface area (Å²) in [6, 6.07) is 4.45. The average Bonchev–Trinajstić information content (AvgIpc) is 3.14. The minimum atomic E-state index is -0.744. The lowest BCUT2D eigenvalue weighted by atomic mass is 9.96. The molecule has 0 aliphatic carbocycles. The van der Waals surface area contributed by atoms with Crippen LogP contribution in [0.5, 0.6) is 0 Å². The molecule has 2 N–H and O–H groups in total. The Bertz CT molecular complexity index is 851. The fourth-order valence-corrected chi connectivity index (χ4v) is 3.57. The second kappa shape index (κ2) is 8.41. The number of hydrogen-bond donors (Lipinski definition) is 2. The highest BCUT2D eigenvalue weighted by molar-refractivity contribution is 5.84. The van der Waals surface area contributed by atoms with Crippen LogP contribution >= 0.6 is 0 Å². The first-order valence-electron chi connectivity index (χ1n) is 9.33. The van der Waals surface area contributed by atoms with Crippen LogP contribution in [-0.2, 0) is 16.0 Å². The fourth-order valence-electron chi connectivity index (χ4n) is 3.57. The summed E-state index contributed by atoms with van der Waals surface area (Å²) in [4.78, 5) is 34.2. The van der Waals surface area contributed by atoms with Crippen LogP contribution < -0.4 is 5.32 Å². The van der Waals surface area contributed by atoms with Crippen LogP contribution in [-0.4, -0.2) is 46.6 Å². The molecule has 1 aliphatic rings. The van der Waals surface area contributed by atoms with Crippen molar-refractivity contribution in [1.82, 2.24) is 20.2 Å². The number of nitrogens with one attached hydrogen (secondary N) is 2. The van der Waals surface area contributed by atoms with Gasteiger partial charge in [-0.1, -0.05) is 26.0 Å². The zero-order valence-electron chi connectivity index (χ0n) is 16.2. The number of carbonyl (C=O) groups excluding carboxylic acids is 2. The molecule has 0 saturated carbocycles. The Balaban J connectivity index is 1.90. The first-order valence-corrected chi connectivity index (χ1v) is 9.33. The number of urea groups is 1. The van der Waals surface area contributed by atoms with E-state index in [0.717, 1.165) is 5.69 Å². The molecule has 7 nitrogen and oxygen atoms in total. The number of hydrogen-bond acceptors (Lipinski definition) is 4. The van der Waals surface area contributed by atoms with Crippen LogP contribution in [0.25, 0.3) is 0 Å². The van der Waals surface area contributed by atoms with Gasteiger partial charge in [0, 0.05) is 18.7 Å². The van der Waals surface area contributed by atoms with Gasteiger partial charge in [-0.05, 0) is 30.0 Å². The standard InChI is InChI=1S/C20H25FN4O3/c1-12(2)9-16(19(26)28-3)24-20(27)25-8-7-15-17(23-11-22-15)18(25)13-5-4-6-14(21)10-13/h4-6,10-12,16,18H,7-9H2,1-3H3,(H,22,23)(H,24,27)/t16-,18+/m1/s1. The number of carbonyl (C=O) groups is 2. The van der Waals surface area contributed by atoms with E-state index in [1.807, 2.05) is 13.8 Å².